The highest BCUT2D eigenvalue weighted by atomic mass is 16.5. The van der Waals surface area contributed by atoms with Crippen LogP contribution in [0.25, 0.3) is 99.0 Å². The molecule has 0 saturated carbocycles. The second-order valence-electron chi connectivity index (χ2n) is 17.7. The van der Waals surface area contributed by atoms with Crippen molar-refractivity contribution in [2.75, 3.05) is 0 Å². The third kappa shape index (κ3) is 5.21. The van der Waals surface area contributed by atoms with Crippen LogP contribution in [0.2, 0.25) is 0 Å². The van der Waals surface area contributed by atoms with E-state index in [1.54, 1.807) is 0 Å². The van der Waals surface area contributed by atoms with Gasteiger partial charge in [-0.25, -0.2) is 4.98 Å². The van der Waals surface area contributed by atoms with Crippen LogP contribution in [0.15, 0.2) is 237 Å². The summed E-state index contributed by atoms with van der Waals surface area (Å²) in [6.07, 6.45) is 0. The average molecular weight is 838 g/mol. The van der Waals surface area contributed by atoms with Crippen molar-refractivity contribution in [1.29, 1.82) is 0 Å². The number of aromatic nitrogens is 1. The van der Waals surface area contributed by atoms with Gasteiger partial charge in [0.05, 0.1) is 16.6 Å². The molecular weight excluding hydrogens is 799 g/mol. The summed E-state index contributed by atoms with van der Waals surface area (Å²) in [5.74, 6) is 1.78. The van der Waals surface area contributed by atoms with Crippen LogP contribution in [-0.2, 0) is 5.41 Å². The Hall–Kier alpha value is -8.59. The molecule has 1 spiro atoms. The Morgan fingerprint density at radius 1 is 0.288 bits per heavy atom. The third-order valence-electron chi connectivity index (χ3n) is 14.3. The first kappa shape index (κ1) is 36.8. The summed E-state index contributed by atoms with van der Waals surface area (Å²) in [5.41, 5.74) is 17.0. The van der Waals surface area contributed by atoms with E-state index in [0.29, 0.717) is 0 Å². The molecule has 2 nitrogen and oxygen atoms in total. The summed E-state index contributed by atoms with van der Waals surface area (Å²) >= 11 is 0. The van der Waals surface area contributed by atoms with E-state index in [1.165, 1.54) is 77.0 Å². The van der Waals surface area contributed by atoms with Crippen LogP contribution >= 0.6 is 0 Å². The predicted molar refractivity (Wildman–Crippen MR) is 273 cm³/mol. The van der Waals surface area contributed by atoms with Gasteiger partial charge in [0.1, 0.15) is 11.5 Å². The number of pyridine rings is 1. The van der Waals surface area contributed by atoms with Crippen molar-refractivity contribution in [3.8, 4) is 67.3 Å². The molecule has 0 bridgehead atoms. The zero-order valence-electron chi connectivity index (χ0n) is 35.9. The summed E-state index contributed by atoms with van der Waals surface area (Å²) < 4.78 is 6.71. The summed E-state index contributed by atoms with van der Waals surface area (Å²) in [4.78, 5) is 5.55. The third-order valence-corrected chi connectivity index (χ3v) is 14.3. The maximum Gasteiger partial charge on any atom is 0.132 e. The number of rotatable bonds is 4. The van der Waals surface area contributed by atoms with E-state index in [1.807, 2.05) is 0 Å². The molecular formula is C64H39NO. The lowest BCUT2D eigenvalue weighted by molar-refractivity contribution is 0.436. The second kappa shape index (κ2) is 14.2. The minimum atomic E-state index is -0.590. The first-order chi connectivity index (χ1) is 32.7. The van der Waals surface area contributed by atoms with Crippen LogP contribution in [0.3, 0.4) is 0 Å². The topological polar surface area (TPSA) is 22.1 Å². The maximum atomic E-state index is 6.71. The van der Waals surface area contributed by atoms with Gasteiger partial charge in [-0.3, -0.25) is 0 Å². The molecule has 1 aliphatic carbocycles. The summed E-state index contributed by atoms with van der Waals surface area (Å²) in [6.45, 7) is 0. The van der Waals surface area contributed by atoms with Gasteiger partial charge < -0.3 is 4.74 Å². The molecule has 2 aliphatic rings. The Labute approximate surface area is 382 Å². The monoisotopic (exact) mass is 837 g/mol. The molecule has 12 aromatic rings. The van der Waals surface area contributed by atoms with E-state index >= 15 is 0 Å². The van der Waals surface area contributed by atoms with Crippen LogP contribution in [0.1, 0.15) is 22.3 Å². The molecule has 2 heteroatoms. The molecule has 2 heterocycles. The number of hydrogen-bond donors (Lipinski definition) is 0. The molecule has 66 heavy (non-hydrogen) atoms. The molecule has 306 valence electrons. The predicted octanol–water partition coefficient (Wildman–Crippen LogP) is 16.8. The fraction of sp³-hybridized carbons (Fsp3) is 0.0156. The number of hydrogen-bond acceptors (Lipinski definition) is 2. The van der Waals surface area contributed by atoms with Gasteiger partial charge in [0.25, 0.3) is 0 Å². The fourth-order valence-corrected chi connectivity index (χ4v) is 11.5. The van der Waals surface area contributed by atoms with Gasteiger partial charge in [-0.15, -0.1) is 0 Å². The van der Waals surface area contributed by atoms with E-state index in [2.05, 4.69) is 237 Å². The lowest BCUT2D eigenvalue weighted by Gasteiger charge is -2.39. The zero-order valence-corrected chi connectivity index (χ0v) is 35.9. The molecule has 0 amide bonds. The lowest BCUT2D eigenvalue weighted by atomic mass is 9.66. The molecule has 0 saturated heterocycles. The van der Waals surface area contributed by atoms with Crippen LogP contribution in [-0.4, -0.2) is 4.98 Å². The van der Waals surface area contributed by atoms with E-state index in [-0.39, 0.29) is 0 Å². The van der Waals surface area contributed by atoms with Gasteiger partial charge in [0.15, 0.2) is 0 Å². The Morgan fingerprint density at radius 3 is 1.41 bits per heavy atom. The van der Waals surface area contributed by atoms with Crippen LogP contribution < -0.4 is 4.74 Å². The van der Waals surface area contributed by atoms with Gasteiger partial charge in [-0.05, 0) is 119 Å². The minimum absolute atomic E-state index is 0.590. The van der Waals surface area contributed by atoms with Crippen molar-refractivity contribution in [3.63, 3.8) is 0 Å². The molecule has 0 fully saturated rings. The highest BCUT2D eigenvalue weighted by Gasteiger charge is 2.51. The van der Waals surface area contributed by atoms with Crippen molar-refractivity contribution >= 4 is 43.2 Å². The summed E-state index contributed by atoms with van der Waals surface area (Å²) in [6, 6.07) is 86.3. The number of ether oxygens (including phenoxy) is 1. The average Bonchev–Trinajstić information content (AvgIpc) is 3.67. The van der Waals surface area contributed by atoms with E-state index in [4.69, 9.17) is 9.72 Å². The first-order valence-corrected chi connectivity index (χ1v) is 22.8. The lowest BCUT2D eigenvalue weighted by Crippen LogP contribution is -2.32. The van der Waals surface area contributed by atoms with Gasteiger partial charge in [-0.1, -0.05) is 200 Å². The number of benzene rings is 11. The number of fused-ring (bicyclic) bond motifs is 14. The molecule has 1 aromatic heterocycles. The molecule has 1 aliphatic heterocycles. The first-order valence-electron chi connectivity index (χ1n) is 22.8. The Morgan fingerprint density at radius 2 is 0.773 bits per heavy atom. The molecule has 0 N–H and O–H groups in total. The molecule has 0 atom stereocenters. The fourth-order valence-electron chi connectivity index (χ4n) is 11.5. The standard InChI is InChI=1S/C64H39NO/c1-3-17-40(18-4-1)41-31-33-42(34-32-41)61-46-22-7-9-24-48(46)62(49-25-10-8-23-47(49)61)44-35-36-58-52(37-44)50-39-57-51(38-53(50)63(65-58)43-19-5-2-6-20-43)45-21-11-12-26-54(45)64(57)55-27-13-15-29-59(55)66-60-30-16-14-28-56(60)64/h1-39H. The van der Waals surface area contributed by atoms with E-state index < -0.39 is 5.41 Å². The number of nitrogens with zero attached hydrogens (tertiary/aromatic N) is 1. The molecule has 11 aromatic carbocycles. The van der Waals surface area contributed by atoms with Crippen molar-refractivity contribution in [2.24, 2.45) is 0 Å². The SMILES string of the molecule is c1ccc(-c2ccc(-c3c4ccccc4c(-c4ccc5nc(-c6ccccc6)c6cc7c(cc6c5c4)C4(c5ccccc5Oc5ccccc54)c4ccccc4-7)c4ccccc34)cc2)cc1. The van der Waals surface area contributed by atoms with Crippen molar-refractivity contribution in [3.05, 3.63) is 259 Å². The van der Waals surface area contributed by atoms with Crippen LogP contribution in [0.5, 0.6) is 11.5 Å². The zero-order chi connectivity index (χ0) is 43.3. The summed E-state index contributed by atoms with van der Waals surface area (Å²) in [5, 5.41) is 8.35. The highest BCUT2D eigenvalue weighted by molar-refractivity contribution is 6.23. The molecule has 0 radical (unpaired) electrons. The van der Waals surface area contributed by atoms with Gasteiger partial charge >= 0.3 is 0 Å². The minimum Gasteiger partial charge on any atom is -0.457 e. The largest absolute Gasteiger partial charge is 0.457 e. The normalized spacial score (nSPS) is 13.1. The second-order valence-corrected chi connectivity index (χ2v) is 17.7. The summed E-state index contributed by atoms with van der Waals surface area (Å²) in [7, 11) is 0. The van der Waals surface area contributed by atoms with Crippen LogP contribution in [0.4, 0.5) is 0 Å². The Balaban J connectivity index is 1.06. The Bertz CT molecular complexity index is 3840. The molecule has 14 rings (SSSR count). The number of para-hydroxylation sites is 2. The van der Waals surface area contributed by atoms with Crippen molar-refractivity contribution in [1.82, 2.24) is 4.98 Å². The van der Waals surface area contributed by atoms with E-state index in [0.717, 1.165) is 55.7 Å². The maximum absolute atomic E-state index is 6.71. The van der Waals surface area contributed by atoms with Crippen molar-refractivity contribution in [2.45, 2.75) is 5.41 Å². The van der Waals surface area contributed by atoms with Gasteiger partial charge in [-0.2, -0.15) is 0 Å². The Kier molecular flexibility index (Phi) is 7.93. The van der Waals surface area contributed by atoms with Crippen molar-refractivity contribution < 1.29 is 4.74 Å². The quantitative estimate of drug-likeness (QED) is 0.130. The van der Waals surface area contributed by atoms with E-state index in [9.17, 15) is 0 Å². The highest BCUT2D eigenvalue weighted by Crippen LogP contribution is 2.63. The molecule has 0 unspecified atom stereocenters. The van der Waals surface area contributed by atoms with Gasteiger partial charge in [0, 0.05) is 27.5 Å². The smallest absolute Gasteiger partial charge is 0.132 e. The van der Waals surface area contributed by atoms with Crippen LogP contribution in [0, 0.1) is 0 Å². The van der Waals surface area contributed by atoms with Gasteiger partial charge in [0.2, 0.25) is 0 Å².